The number of nitrogens with zero attached hydrogens (tertiary/aromatic N) is 1. The summed E-state index contributed by atoms with van der Waals surface area (Å²) >= 11 is -1.20. The molecule has 2 fully saturated rings. The summed E-state index contributed by atoms with van der Waals surface area (Å²) in [6, 6.07) is 10.2. The fraction of sp³-hybridized carbons (Fsp3) is 0.522. The van der Waals surface area contributed by atoms with Crippen LogP contribution in [0.15, 0.2) is 36.4 Å². The van der Waals surface area contributed by atoms with Gasteiger partial charge in [0.25, 0.3) is 0 Å². The van der Waals surface area contributed by atoms with Crippen LogP contribution in [-0.4, -0.2) is 33.5 Å². The van der Waals surface area contributed by atoms with Gasteiger partial charge in [0.2, 0.25) is 5.88 Å². The lowest BCUT2D eigenvalue weighted by atomic mass is 10.0. The second-order valence-corrected chi connectivity index (χ2v) is 11.2. The Morgan fingerprint density at radius 2 is 1.90 bits per heavy atom. The Labute approximate surface area is 181 Å². The van der Waals surface area contributed by atoms with Crippen molar-refractivity contribution in [2.24, 2.45) is 11.8 Å². The van der Waals surface area contributed by atoms with E-state index in [1.165, 1.54) is 12.1 Å². The zero-order valence-electron chi connectivity index (χ0n) is 17.9. The highest BCUT2D eigenvalue weighted by Gasteiger charge is 2.55. The molecular formula is C23H30FN3O2S. The maximum absolute atomic E-state index is 13.4. The van der Waals surface area contributed by atoms with Crippen molar-refractivity contribution in [3.63, 3.8) is 0 Å². The molecule has 1 saturated carbocycles. The van der Waals surface area contributed by atoms with Gasteiger partial charge in [0.05, 0.1) is 11.7 Å². The van der Waals surface area contributed by atoms with Crippen LogP contribution in [0.4, 0.5) is 4.39 Å². The fourth-order valence-electron chi connectivity index (χ4n) is 3.92. The molecule has 2 heterocycles. The molecular weight excluding hydrogens is 401 g/mol. The predicted octanol–water partition coefficient (Wildman–Crippen LogP) is 3.99. The molecule has 0 amide bonds. The van der Waals surface area contributed by atoms with Crippen LogP contribution < -0.4 is 14.8 Å². The Morgan fingerprint density at radius 3 is 2.50 bits per heavy atom. The maximum atomic E-state index is 13.4. The first-order valence-electron chi connectivity index (χ1n) is 10.6. The average Bonchev–Trinajstić information content (AvgIpc) is 3.11. The molecule has 7 heteroatoms. The molecule has 2 aromatic rings. The van der Waals surface area contributed by atoms with E-state index in [1.54, 1.807) is 12.1 Å². The van der Waals surface area contributed by atoms with Crippen LogP contribution in [0.25, 0.3) is 11.3 Å². The van der Waals surface area contributed by atoms with Crippen molar-refractivity contribution in [3.05, 3.63) is 47.8 Å². The summed E-state index contributed by atoms with van der Waals surface area (Å²) in [7, 11) is 0. The normalized spacial score (nSPS) is 24.9. The second-order valence-electron chi connectivity index (χ2n) is 9.16. The smallest absolute Gasteiger partial charge is 0.214 e. The maximum Gasteiger partial charge on any atom is 0.214 e. The lowest BCUT2D eigenvalue weighted by Crippen LogP contribution is -2.41. The minimum atomic E-state index is -1.20. The molecule has 162 valence electrons. The number of benzene rings is 1. The number of halogens is 1. The lowest BCUT2D eigenvalue weighted by molar-refractivity contribution is 0.251. The van der Waals surface area contributed by atoms with Crippen LogP contribution in [-0.2, 0) is 11.4 Å². The zero-order valence-corrected chi connectivity index (χ0v) is 18.8. The van der Waals surface area contributed by atoms with Gasteiger partial charge in [-0.1, -0.05) is 6.92 Å². The number of aromatic nitrogens is 1. The highest BCUT2D eigenvalue weighted by atomic mass is 32.2. The molecule has 0 bridgehead atoms. The Kier molecular flexibility index (Phi) is 6.08. The van der Waals surface area contributed by atoms with E-state index in [-0.39, 0.29) is 22.7 Å². The molecule has 2 unspecified atom stereocenters. The fourth-order valence-corrected chi connectivity index (χ4v) is 4.84. The molecule has 1 aliphatic heterocycles. The summed E-state index contributed by atoms with van der Waals surface area (Å²) < 4.78 is 35.3. The largest absolute Gasteiger partial charge is 0.598 e. The number of fused-ring (bicyclic) bond motifs is 1. The van der Waals surface area contributed by atoms with Gasteiger partial charge in [0.1, 0.15) is 16.7 Å². The molecule has 2 aliphatic rings. The SMILES string of the molecule is CCC(N[S+]([O-])C(C)(C)C)c1cc(O[C@@H]2[C@@H]3CNC[C@@H]32)nc(-c2ccc(F)cc2)c1. The Hall–Kier alpha value is -1.67. The zero-order chi connectivity index (χ0) is 21.5. The van der Waals surface area contributed by atoms with Gasteiger partial charge in [-0.3, -0.25) is 0 Å². The van der Waals surface area contributed by atoms with Crippen molar-refractivity contribution in [1.29, 1.82) is 0 Å². The summed E-state index contributed by atoms with van der Waals surface area (Å²) in [5.41, 5.74) is 2.53. The first kappa shape index (κ1) is 21.6. The monoisotopic (exact) mass is 431 g/mol. The van der Waals surface area contributed by atoms with E-state index < -0.39 is 11.4 Å². The van der Waals surface area contributed by atoms with Crippen LogP contribution in [0.5, 0.6) is 5.88 Å². The number of hydrogen-bond acceptors (Lipinski definition) is 5. The van der Waals surface area contributed by atoms with E-state index >= 15 is 0 Å². The summed E-state index contributed by atoms with van der Waals surface area (Å²) in [4.78, 5) is 4.72. The van der Waals surface area contributed by atoms with Crippen molar-refractivity contribution in [1.82, 2.24) is 15.0 Å². The average molecular weight is 432 g/mol. The van der Waals surface area contributed by atoms with E-state index in [0.29, 0.717) is 17.7 Å². The third-order valence-electron chi connectivity index (χ3n) is 5.85. The lowest BCUT2D eigenvalue weighted by Gasteiger charge is -2.28. The molecule has 1 aliphatic carbocycles. The molecule has 4 rings (SSSR count). The van der Waals surface area contributed by atoms with Crippen molar-refractivity contribution < 1.29 is 13.7 Å². The van der Waals surface area contributed by atoms with Gasteiger partial charge < -0.3 is 14.6 Å². The molecule has 1 aromatic carbocycles. The summed E-state index contributed by atoms with van der Waals surface area (Å²) in [6.45, 7) is 9.90. The molecule has 5 atom stereocenters. The number of pyridine rings is 1. The van der Waals surface area contributed by atoms with Crippen LogP contribution in [0, 0.1) is 17.7 Å². The van der Waals surface area contributed by atoms with Gasteiger partial charge in [-0.2, -0.15) is 0 Å². The van der Waals surface area contributed by atoms with Gasteiger partial charge in [-0.15, -0.1) is 4.72 Å². The van der Waals surface area contributed by atoms with Gasteiger partial charge >= 0.3 is 0 Å². The van der Waals surface area contributed by atoms with Crippen LogP contribution in [0.2, 0.25) is 0 Å². The third kappa shape index (κ3) is 4.64. The van der Waals surface area contributed by atoms with Crippen molar-refractivity contribution in [3.8, 4) is 17.1 Å². The minimum absolute atomic E-state index is 0.102. The third-order valence-corrected chi connectivity index (χ3v) is 7.46. The molecule has 2 N–H and O–H groups in total. The van der Waals surface area contributed by atoms with Gasteiger partial charge in [0, 0.05) is 47.9 Å². The van der Waals surface area contributed by atoms with Gasteiger partial charge in [-0.05, 0) is 63.1 Å². The number of piperidine rings is 1. The van der Waals surface area contributed by atoms with Gasteiger partial charge in [0.15, 0.2) is 0 Å². The molecule has 0 spiro atoms. The second kappa shape index (κ2) is 8.46. The Bertz CT molecular complexity index is 877. The number of rotatable bonds is 7. The molecule has 1 aromatic heterocycles. The molecule has 5 nitrogen and oxygen atoms in total. The molecule has 1 saturated heterocycles. The summed E-state index contributed by atoms with van der Waals surface area (Å²) in [6.07, 6.45) is 0.971. The summed E-state index contributed by atoms with van der Waals surface area (Å²) in [5.74, 6) is 1.41. The van der Waals surface area contributed by atoms with E-state index in [4.69, 9.17) is 9.72 Å². The molecule has 30 heavy (non-hydrogen) atoms. The first-order chi connectivity index (χ1) is 14.3. The quantitative estimate of drug-likeness (QED) is 0.649. The first-order valence-corrected chi connectivity index (χ1v) is 11.7. The summed E-state index contributed by atoms with van der Waals surface area (Å²) in [5, 5.41) is 3.37. The number of hydrogen-bond donors (Lipinski definition) is 2. The van der Waals surface area contributed by atoms with E-state index in [9.17, 15) is 8.94 Å². The van der Waals surface area contributed by atoms with Crippen molar-refractivity contribution in [2.75, 3.05) is 13.1 Å². The highest BCUT2D eigenvalue weighted by molar-refractivity contribution is 7.90. The predicted molar refractivity (Wildman–Crippen MR) is 118 cm³/mol. The van der Waals surface area contributed by atoms with E-state index in [0.717, 1.165) is 36.3 Å². The Morgan fingerprint density at radius 1 is 1.23 bits per heavy atom. The van der Waals surface area contributed by atoms with Crippen LogP contribution in [0.1, 0.15) is 45.7 Å². The molecule has 0 radical (unpaired) electrons. The Balaban J connectivity index is 1.64. The van der Waals surface area contributed by atoms with Crippen molar-refractivity contribution >= 4 is 11.4 Å². The number of ether oxygens (including phenoxy) is 1. The van der Waals surface area contributed by atoms with Crippen LogP contribution in [0.3, 0.4) is 0 Å². The number of nitrogens with one attached hydrogen (secondary N) is 2. The van der Waals surface area contributed by atoms with Gasteiger partial charge in [-0.25, -0.2) is 9.37 Å². The minimum Gasteiger partial charge on any atom is -0.598 e. The standard InChI is InChI=1S/C23H30FN3O2S/c1-5-19(27-30(28)23(2,3)4)15-10-20(14-6-8-16(24)9-7-14)26-21(11-15)29-22-17-12-25-13-18(17)22/h6-11,17-19,22,25,27H,5,12-13H2,1-4H3/t17-,18+,19?,22-,30?. The van der Waals surface area contributed by atoms with Crippen molar-refractivity contribution in [2.45, 2.75) is 51.0 Å². The topological polar surface area (TPSA) is 69.2 Å². The van der Waals surface area contributed by atoms with E-state index in [1.807, 2.05) is 32.9 Å². The van der Waals surface area contributed by atoms with Crippen LogP contribution >= 0.6 is 0 Å². The highest BCUT2D eigenvalue weighted by Crippen LogP contribution is 2.44. The van der Waals surface area contributed by atoms with E-state index in [2.05, 4.69) is 17.0 Å².